The van der Waals surface area contributed by atoms with Gasteiger partial charge in [0, 0.05) is 45.5 Å². The number of amides is 1. The van der Waals surface area contributed by atoms with Crippen molar-refractivity contribution in [2.45, 2.75) is 65.0 Å². The van der Waals surface area contributed by atoms with Crippen LogP contribution in [0.1, 0.15) is 63.2 Å². The molecule has 1 aliphatic heterocycles. The second-order valence-electron chi connectivity index (χ2n) is 10.3. The van der Waals surface area contributed by atoms with E-state index in [-0.39, 0.29) is 29.7 Å². The number of likely N-dealkylation sites (N-methyl/N-ethyl adjacent to an activating group) is 1. The third kappa shape index (κ3) is 7.57. The fourth-order valence-corrected chi connectivity index (χ4v) is 5.75. The molecule has 1 aromatic carbocycles. The summed E-state index contributed by atoms with van der Waals surface area (Å²) in [6, 6.07) is 5.07. The molecule has 3 rings (SSSR count). The van der Waals surface area contributed by atoms with Gasteiger partial charge in [0.05, 0.1) is 17.4 Å². The van der Waals surface area contributed by atoms with Gasteiger partial charge in [0.2, 0.25) is 10.0 Å². The first-order valence-electron chi connectivity index (χ1n) is 12.9. The lowest BCUT2D eigenvalue weighted by atomic mass is 9.88. The van der Waals surface area contributed by atoms with Crippen LogP contribution in [0.3, 0.4) is 0 Å². The first kappa shape index (κ1) is 27.7. The maximum atomic E-state index is 13.4. The summed E-state index contributed by atoms with van der Waals surface area (Å²) in [7, 11) is -0.00754. The Kier molecular flexibility index (Phi) is 9.84. The van der Waals surface area contributed by atoms with Gasteiger partial charge in [-0.3, -0.25) is 14.4 Å². The number of rotatable bonds is 6. The minimum Gasteiger partial charge on any atom is -0.491 e. The molecule has 0 saturated heterocycles. The van der Waals surface area contributed by atoms with E-state index in [9.17, 15) is 13.2 Å². The Morgan fingerprint density at radius 1 is 1.14 bits per heavy atom. The Hall–Kier alpha value is -1.84. The highest BCUT2D eigenvalue weighted by molar-refractivity contribution is 7.92. The fourth-order valence-electron chi connectivity index (χ4n) is 5.12. The van der Waals surface area contributed by atoms with E-state index >= 15 is 0 Å². The molecule has 0 unspecified atom stereocenters. The molecule has 1 amide bonds. The zero-order valence-corrected chi connectivity index (χ0v) is 22.8. The number of methoxy groups -OCH3 is 1. The van der Waals surface area contributed by atoms with Crippen molar-refractivity contribution in [2.24, 2.45) is 11.8 Å². The molecule has 1 heterocycles. The molecule has 0 radical (unpaired) electrons. The largest absolute Gasteiger partial charge is 0.491 e. The monoisotopic (exact) mass is 509 g/mol. The zero-order chi connectivity index (χ0) is 25.6. The van der Waals surface area contributed by atoms with Crippen molar-refractivity contribution in [3.63, 3.8) is 0 Å². The average molecular weight is 510 g/mol. The number of anilines is 1. The van der Waals surface area contributed by atoms with Gasteiger partial charge >= 0.3 is 0 Å². The molecule has 0 aromatic heterocycles. The molecular weight excluding hydrogens is 466 g/mol. The van der Waals surface area contributed by atoms with E-state index < -0.39 is 10.0 Å². The van der Waals surface area contributed by atoms with Gasteiger partial charge in [0.15, 0.2) is 0 Å². The van der Waals surface area contributed by atoms with Gasteiger partial charge in [-0.25, -0.2) is 8.42 Å². The summed E-state index contributed by atoms with van der Waals surface area (Å²) in [4.78, 5) is 17.6. The van der Waals surface area contributed by atoms with Crippen LogP contribution in [-0.4, -0.2) is 82.4 Å². The smallest absolute Gasteiger partial charge is 0.257 e. The van der Waals surface area contributed by atoms with Crippen molar-refractivity contribution in [3.8, 4) is 5.75 Å². The Balaban J connectivity index is 1.91. The highest BCUT2D eigenvalue weighted by atomic mass is 32.2. The number of carbonyl (C=O) groups excluding carboxylic acids is 1. The van der Waals surface area contributed by atoms with E-state index in [2.05, 4.69) is 23.5 Å². The summed E-state index contributed by atoms with van der Waals surface area (Å²) < 4.78 is 38.8. The van der Waals surface area contributed by atoms with Crippen LogP contribution in [0.4, 0.5) is 5.69 Å². The SMILES string of the molecule is CCS(=O)(=O)Nc1ccc2c(c1)C(=O)N(C)C[C@@H](OC)[C@@H](C)CN(CC1CCCCC1)[C@@H](C)CO2. The standard InChI is InChI=1S/C26H43N3O5S/c1-6-35(31,32)27-22-12-13-24-23(14-22)26(30)28(4)17-25(33-5)19(2)15-29(20(3)18-34-24)16-21-10-8-7-9-11-21/h12-14,19-21,25,27H,6-11,15-18H2,1-5H3/t19-,20-,25+/m0/s1. The summed E-state index contributed by atoms with van der Waals surface area (Å²) in [5.74, 6) is 1.13. The molecule has 1 aromatic rings. The summed E-state index contributed by atoms with van der Waals surface area (Å²) in [5, 5.41) is 0. The maximum Gasteiger partial charge on any atom is 0.257 e. The number of hydrogen-bond donors (Lipinski definition) is 1. The number of ether oxygens (including phenoxy) is 2. The van der Waals surface area contributed by atoms with Crippen molar-refractivity contribution in [3.05, 3.63) is 23.8 Å². The summed E-state index contributed by atoms with van der Waals surface area (Å²) in [6.07, 6.45) is 6.40. The number of nitrogens with one attached hydrogen (secondary N) is 1. The van der Waals surface area contributed by atoms with Crippen LogP contribution in [0.25, 0.3) is 0 Å². The highest BCUT2D eigenvalue weighted by Crippen LogP contribution is 2.29. The predicted octanol–water partition coefficient (Wildman–Crippen LogP) is 3.83. The Labute approximate surface area is 211 Å². The van der Waals surface area contributed by atoms with Crippen LogP contribution in [0, 0.1) is 11.8 Å². The van der Waals surface area contributed by atoms with Crippen molar-refractivity contribution >= 4 is 21.6 Å². The second kappa shape index (κ2) is 12.4. The minimum atomic E-state index is -3.46. The van der Waals surface area contributed by atoms with Crippen LogP contribution >= 0.6 is 0 Å². The molecule has 198 valence electrons. The lowest BCUT2D eigenvalue weighted by molar-refractivity contribution is 0.00690. The average Bonchev–Trinajstić information content (AvgIpc) is 2.85. The topological polar surface area (TPSA) is 88.2 Å². The molecule has 0 bridgehead atoms. The van der Waals surface area contributed by atoms with E-state index in [1.807, 2.05) is 0 Å². The number of fused-ring (bicyclic) bond motifs is 1. The third-order valence-corrected chi connectivity index (χ3v) is 8.75. The molecule has 9 heteroatoms. The molecule has 2 aliphatic rings. The van der Waals surface area contributed by atoms with E-state index in [1.54, 1.807) is 44.2 Å². The predicted molar refractivity (Wildman–Crippen MR) is 140 cm³/mol. The summed E-state index contributed by atoms with van der Waals surface area (Å²) >= 11 is 0. The van der Waals surface area contributed by atoms with E-state index in [0.717, 1.165) is 13.1 Å². The van der Waals surface area contributed by atoms with E-state index in [4.69, 9.17) is 9.47 Å². The van der Waals surface area contributed by atoms with Crippen LogP contribution in [0.15, 0.2) is 18.2 Å². The molecule has 35 heavy (non-hydrogen) atoms. The molecular formula is C26H43N3O5S. The lowest BCUT2D eigenvalue weighted by Gasteiger charge is -2.38. The van der Waals surface area contributed by atoms with Crippen LogP contribution < -0.4 is 9.46 Å². The quantitative estimate of drug-likeness (QED) is 0.627. The minimum absolute atomic E-state index is 0.0455. The molecule has 8 nitrogen and oxygen atoms in total. The third-order valence-electron chi connectivity index (χ3n) is 7.44. The van der Waals surface area contributed by atoms with Crippen LogP contribution in [0.5, 0.6) is 5.75 Å². The van der Waals surface area contributed by atoms with Gasteiger partial charge in [-0.05, 0) is 56.7 Å². The van der Waals surface area contributed by atoms with Crippen molar-refractivity contribution in [2.75, 3.05) is 50.9 Å². The van der Waals surface area contributed by atoms with Gasteiger partial charge in [0.25, 0.3) is 5.91 Å². The molecule has 1 N–H and O–H groups in total. The van der Waals surface area contributed by atoms with Crippen LogP contribution in [-0.2, 0) is 14.8 Å². The molecule has 1 saturated carbocycles. The van der Waals surface area contributed by atoms with Gasteiger partial charge in [-0.15, -0.1) is 0 Å². The molecule has 1 fully saturated rings. The van der Waals surface area contributed by atoms with Gasteiger partial charge in [-0.2, -0.15) is 0 Å². The van der Waals surface area contributed by atoms with Crippen LogP contribution in [0.2, 0.25) is 0 Å². The number of carbonyl (C=O) groups is 1. The Morgan fingerprint density at radius 3 is 2.51 bits per heavy atom. The molecule has 3 atom stereocenters. The Bertz CT molecular complexity index is 948. The first-order valence-corrected chi connectivity index (χ1v) is 14.6. The summed E-state index contributed by atoms with van der Waals surface area (Å²) in [5.41, 5.74) is 0.699. The van der Waals surface area contributed by atoms with Gasteiger partial charge < -0.3 is 14.4 Å². The fraction of sp³-hybridized carbons (Fsp3) is 0.731. The number of benzene rings is 1. The Morgan fingerprint density at radius 2 is 1.86 bits per heavy atom. The maximum absolute atomic E-state index is 13.4. The number of nitrogens with zero attached hydrogens (tertiary/aromatic N) is 2. The lowest BCUT2D eigenvalue weighted by Crippen LogP contribution is -2.48. The zero-order valence-electron chi connectivity index (χ0n) is 22.0. The van der Waals surface area contributed by atoms with E-state index in [1.165, 1.54) is 32.1 Å². The van der Waals surface area contributed by atoms with Crippen molar-refractivity contribution < 1.29 is 22.7 Å². The summed E-state index contributed by atoms with van der Waals surface area (Å²) in [6.45, 7) is 8.75. The molecule has 0 spiro atoms. The highest BCUT2D eigenvalue weighted by Gasteiger charge is 2.30. The normalized spacial score (nSPS) is 25.8. The van der Waals surface area contributed by atoms with Crippen molar-refractivity contribution in [1.82, 2.24) is 9.80 Å². The first-order chi connectivity index (χ1) is 16.6. The number of sulfonamides is 1. The second-order valence-corrected chi connectivity index (χ2v) is 12.3. The van der Waals surface area contributed by atoms with Gasteiger partial charge in [-0.1, -0.05) is 26.2 Å². The van der Waals surface area contributed by atoms with Crippen molar-refractivity contribution in [1.29, 1.82) is 0 Å². The van der Waals surface area contributed by atoms with E-state index in [0.29, 0.717) is 36.1 Å². The van der Waals surface area contributed by atoms with Gasteiger partial charge in [0.1, 0.15) is 12.4 Å². The molecule has 1 aliphatic carbocycles. The number of hydrogen-bond acceptors (Lipinski definition) is 6.